The molecule has 1 heteroatoms. The second-order valence-electron chi connectivity index (χ2n) is 3.11. The van der Waals surface area contributed by atoms with E-state index in [1.165, 1.54) is 44.1 Å². The van der Waals surface area contributed by atoms with Crippen molar-refractivity contribution < 1.29 is 32.7 Å². The van der Waals surface area contributed by atoms with Gasteiger partial charge < -0.3 is 12.2 Å². The molecule has 12 heavy (non-hydrogen) atoms. The first-order valence-corrected chi connectivity index (χ1v) is 4.51. The maximum atomic E-state index is 3.24. The molecule has 0 atom stereocenters. The Morgan fingerprint density at radius 3 is 2.25 bits per heavy atom. The van der Waals surface area contributed by atoms with E-state index in [2.05, 4.69) is 25.2 Å². The summed E-state index contributed by atoms with van der Waals surface area (Å²) in [6.45, 7) is 2.15. The van der Waals surface area contributed by atoms with E-state index in [9.17, 15) is 0 Å². The molecule has 0 nitrogen and oxygen atoms in total. The largest absolute Gasteiger partial charge is 0.501 e. The molecule has 2 rings (SSSR count). The van der Waals surface area contributed by atoms with Crippen molar-refractivity contribution in [1.29, 1.82) is 0 Å². The van der Waals surface area contributed by atoms with Gasteiger partial charge in [-0.3, -0.25) is 11.6 Å². The topological polar surface area (TPSA) is 0 Å². The van der Waals surface area contributed by atoms with Crippen molar-refractivity contribution in [3.05, 3.63) is 23.8 Å². The number of hydrogen-bond donors (Lipinski definition) is 0. The number of rotatable bonds is 0. The van der Waals surface area contributed by atoms with Crippen LogP contribution in [0.5, 0.6) is 0 Å². The second-order valence-corrected chi connectivity index (χ2v) is 3.11. The Bertz CT molecular complexity index is 150. The zero-order chi connectivity index (χ0) is 7.94. The van der Waals surface area contributed by atoms with Crippen LogP contribution in [0.2, 0.25) is 0 Å². The molecule has 0 N–H and O–H groups in total. The molecule has 0 heterocycles. The summed E-state index contributed by atoms with van der Waals surface area (Å²) >= 11 is 0. The third-order valence-electron chi connectivity index (χ3n) is 1.97. The van der Waals surface area contributed by atoms with Crippen LogP contribution in [0.15, 0.2) is 11.6 Å². The fourth-order valence-corrected chi connectivity index (χ4v) is 1.25. The molecule has 0 unspecified atom stereocenters. The Hall–Kier alpha value is 0.584. The third kappa shape index (κ3) is 6.14. The molecule has 0 amide bonds. The van der Waals surface area contributed by atoms with Crippen LogP contribution in [0.4, 0.5) is 0 Å². The van der Waals surface area contributed by atoms with Crippen molar-refractivity contribution in [2.24, 2.45) is 0 Å². The van der Waals surface area contributed by atoms with E-state index in [0.717, 1.165) is 0 Å². The third-order valence-corrected chi connectivity index (χ3v) is 1.97. The zero-order valence-electron chi connectivity index (χ0n) is 7.90. The molecule has 0 bridgehead atoms. The van der Waals surface area contributed by atoms with Gasteiger partial charge in [-0.2, -0.15) is 12.8 Å². The summed E-state index contributed by atoms with van der Waals surface area (Å²) in [5.74, 6) is 0. The van der Waals surface area contributed by atoms with E-state index in [1.54, 1.807) is 0 Å². The minimum Gasteiger partial charge on any atom is -0.501 e. The van der Waals surface area contributed by atoms with E-state index in [1.807, 2.05) is 0 Å². The molecule has 0 aromatic heterocycles. The Labute approximate surface area is 101 Å². The van der Waals surface area contributed by atoms with Gasteiger partial charge in [-0.05, 0) is 0 Å². The maximum absolute atomic E-state index is 3.24. The van der Waals surface area contributed by atoms with E-state index in [0.29, 0.717) is 0 Å². The van der Waals surface area contributed by atoms with Crippen LogP contribution in [0.1, 0.15) is 45.4 Å². The van der Waals surface area contributed by atoms with E-state index in [-0.39, 0.29) is 32.7 Å². The fourth-order valence-electron chi connectivity index (χ4n) is 1.25. The second kappa shape index (κ2) is 8.19. The molecule has 0 aromatic rings. The summed E-state index contributed by atoms with van der Waals surface area (Å²) in [5, 5.41) is 0. The van der Waals surface area contributed by atoms with Crippen molar-refractivity contribution in [3.8, 4) is 0 Å². The predicted molar refractivity (Wildman–Crippen MR) is 47.9 cm³/mol. The summed E-state index contributed by atoms with van der Waals surface area (Å²) in [6.07, 6.45) is 16.1. The van der Waals surface area contributed by atoms with Gasteiger partial charge >= 0.3 is 0 Å². The summed E-state index contributed by atoms with van der Waals surface area (Å²) < 4.78 is 0. The summed E-state index contributed by atoms with van der Waals surface area (Å²) in [4.78, 5) is 0. The minimum absolute atomic E-state index is 0. The maximum Gasteiger partial charge on any atom is 0 e. The molecule has 0 fully saturated rings. The van der Waals surface area contributed by atoms with E-state index >= 15 is 0 Å². The first kappa shape index (κ1) is 12.6. The average molecular weight is 237 g/mol. The normalized spacial score (nSPS) is 19.2. The molecule has 1 radical (unpaired) electrons. The zero-order valence-corrected chi connectivity index (χ0v) is 10.7. The van der Waals surface area contributed by atoms with Crippen molar-refractivity contribution >= 4 is 0 Å². The molecule has 2 aliphatic carbocycles. The van der Waals surface area contributed by atoms with Crippen LogP contribution >= 0.6 is 0 Å². The van der Waals surface area contributed by atoms with Crippen molar-refractivity contribution in [3.63, 3.8) is 0 Å². The van der Waals surface area contributed by atoms with E-state index < -0.39 is 0 Å². The Morgan fingerprint density at radius 1 is 1.25 bits per heavy atom. The molecule has 0 saturated heterocycles. The standard InChI is InChI=1S/C6H9.C5H7.Y/c1-6-4-2-3-5-6;1-2-4-5-3-1;/h2-4H2,1H3;1H,2,4-5H2;/q2*-1;. The quantitative estimate of drug-likeness (QED) is 0.566. The monoisotopic (exact) mass is 237 g/mol. The first-order valence-electron chi connectivity index (χ1n) is 4.51. The smallest absolute Gasteiger partial charge is 0 e. The Balaban J connectivity index is 0.000000189. The summed E-state index contributed by atoms with van der Waals surface area (Å²) in [7, 11) is 0. The van der Waals surface area contributed by atoms with Crippen LogP contribution in [-0.2, 0) is 32.7 Å². The van der Waals surface area contributed by atoms with Gasteiger partial charge in [-0.1, -0.05) is 32.6 Å². The molecule has 2 aliphatic rings. The van der Waals surface area contributed by atoms with Crippen molar-refractivity contribution in [2.75, 3.05) is 0 Å². The fraction of sp³-hybridized carbons (Fsp3) is 0.636. The van der Waals surface area contributed by atoms with Crippen LogP contribution in [-0.4, -0.2) is 0 Å². The average Bonchev–Trinajstić information content (AvgIpc) is 2.57. The number of allylic oxidation sites excluding steroid dienone is 4. The molecule has 0 aromatic carbocycles. The molecule has 0 saturated carbocycles. The van der Waals surface area contributed by atoms with E-state index in [4.69, 9.17) is 0 Å². The Morgan fingerprint density at radius 2 is 2.08 bits per heavy atom. The van der Waals surface area contributed by atoms with Crippen LogP contribution in [0.3, 0.4) is 0 Å². The van der Waals surface area contributed by atoms with Gasteiger partial charge in [0.15, 0.2) is 0 Å². The summed E-state index contributed by atoms with van der Waals surface area (Å²) in [5.41, 5.74) is 1.45. The molecule has 0 spiro atoms. The van der Waals surface area contributed by atoms with Gasteiger partial charge in [0.1, 0.15) is 0 Å². The van der Waals surface area contributed by atoms with Crippen LogP contribution < -0.4 is 0 Å². The summed E-state index contributed by atoms with van der Waals surface area (Å²) in [6, 6.07) is 0. The van der Waals surface area contributed by atoms with Gasteiger partial charge in [-0.25, -0.2) is 0 Å². The van der Waals surface area contributed by atoms with Crippen molar-refractivity contribution in [2.45, 2.75) is 45.4 Å². The molecular weight excluding hydrogens is 221 g/mol. The first-order chi connectivity index (χ1) is 5.39. The molecular formula is C11H16Y-2. The minimum atomic E-state index is 0. The van der Waals surface area contributed by atoms with Crippen molar-refractivity contribution in [1.82, 2.24) is 0 Å². The van der Waals surface area contributed by atoms with Gasteiger partial charge in [-0.15, -0.1) is 0 Å². The SMILES string of the molecule is CC1=[C-]CCC1.[C-]1=CCCC1.[Y]. The molecule has 0 aliphatic heterocycles. The number of hydrogen-bond acceptors (Lipinski definition) is 0. The Kier molecular flexibility index (Phi) is 8.59. The van der Waals surface area contributed by atoms with Gasteiger partial charge in [0.05, 0.1) is 0 Å². The van der Waals surface area contributed by atoms with Crippen LogP contribution in [0.25, 0.3) is 0 Å². The van der Waals surface area contributed by atoms with Gasteiger partial charge in [0, 0.05) is 32.7 Å². The van der Waals surface area contributed by atoms with Crippen LogP contribution in [0, 0.1) is 12.2 Å². The van der Waals surface area contributed by atoms with Gasteiger partial charge in [0.25, 0.3) is 0 Å². The van der Waals surface area contributed by atoms with Gasteiger partial charge in [0.2, 0.25) is 0 Å². The predicted octanol–water partition coefficient (Wildman–Crippen LogP) is 3.45. The molecule has 65 valence electrons.